The van der Waals surface area contributed by atoms with Gasteiger partial charge in [0.15, 0.2) is 0 Å². The van der Waals surface area contributed by atoms with Crippen molar-refractivity contribution in [3.8, 4) is 5.75 Å². The molecule has 0 saturated carbocycles. The van der Waals surface area contributed by atoms with Crippen molar-refractivity contribution in [3.63, 3.8) is 0 Å². The quantitative estimate of drug-likeness (QED) is 0.761. The average Bonchev–Trinajstić information content (AvgIpc) is 2.58. The van der Waals surface area contributed by atoms with Crippen molar-refractivity contribution < 1.29 is 9.53 Å². The first-order chi connectivity index (χ1) is 11.1. The number of nitrogens with zero attached hydrogens (tertiary/aromatic N) is 1. The summed E-state index contributed by atoms with van der Waals surface area (Å²) in [7, 11) is 4.02. The van der Waals surface area contributed by atoms with Crippen molar-refractivity contribution in [2.24, 2.45) is 0 Å². The van der Waals surface area contributed by atoms with E-state index in [0.717, 1.165) is 17.0 Å². The third-order valence-corrected chi connectivity index (χ3v) is 3.50. The molecular formula is C19H24N2O2. The molecule has 2 rings (SSSR count). The first-order valence-electron chi connectivity index (χ1n) is 7.86. The third kappa shape index (κ3) is 6.02. The number of para-hydroxylation sites is 1. The molecule has 0 spiro atoms. The largest absolute Gasteiger partial charge is 0.494 e. The molecule has 1 N–H and O–H groups in total. The van der Waals surface area contributed by atoms with Gasteiger partial charge in [0, 0.05) is 32.7 Å². The van der Waals surface area contributed by atoms with Crippen LogP contribution in [0.4, 0.5) is 5.69 Å². The highest BCUT2D eigenvalue weighted by Crippen LogP contribution is 2.12. The molecule has 0 saturated heterocycles. The van der Waals surface area contributed by atoms with Crippen LogP contribution in [0, 0.1) is 0 Å². The zero-order chi connectivity index (χ0) is 16.5. The summed E-state index contributed by atoms with van der Waals surface area (Å²) >= 11 is 0. The molecule has 4 nitrogen and oxygen atoms in total. The Morgan fingerprint density at radius 3 is 2.39 bits per heavy atom. The molecule has 4 heteroatoms. The lowest BCUT2D eigenvalue weighted by molar-refractivity contribution is -0.121. The van der Waals surface area contributed by atoms with Gasteiger partial charge in [0.2, 0.25) is 5.91 Å². The summed E-state index contributed by atoms with van der Waals surface area (Å²) in [5.41, 5.74) is 2.25. The second-order valence-electron chi connectivity index (χ2n) is 5.60. The Hall–Kier alpha value is -2.49. The van der Waals surface area contributed by atoms with Crippen molar-refractivity contribution in [3.05, 3.63) is 60.2 Å². The molecule has 0 bridgehead atoms. The van der Waals surface area contributed by atoms with E-state index in [1.165, 1.54) is 0 Å². The van der Waals surface area contributed by atoms with E-state index in [0.29, 0.717) is 26.0 Å². The molecule has 0 radical (unpaired) electrons. The van der Waals surface area contributed by atoms with E-state index in [1.54, 1.807) is 0 Å². The number of hydrogen-bond acceptors (Lipinski definition) is 3. The first-order valence-corrected chi connectivity index (χ1v) is 7.86. The van der Waals surface area contributed by atoms with Crippen LogP contribution in [-0.4, -0.2) is 26.6 Å². The molecule has 23 heavy (non-hydrogen) atoms. The lowest BCUT2D eigenvalue weighted by Crippen LogP contribution is -2.23. The van der Waals surface area contributed by atoms with Crippen molar-refractivity contribution in [2.45, 2.75) is 19.4 Å². The van der Waals surface area contributed by atoms with Crippen LogP contribution in [0.3, 0.4) is 0 Å². The molecule has 0 unspecified atom stereocenters. The maximum atomic E-state index is 11.8. The van der Waals surface area contributed by atoms with E-state index in [2.05, 4.69) is 22.3 Å². The van der Waals surface area contributed by atoms with Crippen LogP contribution in [0.5, 0.6) is 5.75 Å². The van der Waals surface area contributed by atoms with E-state index in [9.17, 15) is 4.79 Å². The third-order valence-electron chi connectivity index (χ3n) is 3.50. The molecule has 0 heterocycles. The molecule has 0 aliphatic carbocycles. The number of nitrogens with one attached hydrogen (secondary N) is 1. The van der Waals surface area contributed by atoms with E-state index in [4.69, 9.17) is 4.74 Å². The Morgan fingerprint density at radius 2 is 1.74 bits per heavy atom. The van der Waals surface area contributed by atoms with Gasteiger partial charge in [0.1, 0.15) is 5.75 Å². The highest BCUT2D eigenvalue weighted by Gasteiger charge is 2.02. The van der Waals surface area contributed by atoms with E-state index in [1.807, 2.05) is 56.6 Å². The standard InChI is InChI=1S/C19H24N2O2/c1-21(2)17-12-10-16(11-13-17)15-20-19(22)9-6-14-23-18-7-4-3-5-8-18/h3-5,7-8,10-13H,6,9,14-15H2,1-2H3,(H,20,22). The second kappa shape index (κ2) is 8.83. The van der Waals surface area contributed by atoms with Crippen LogP contribution < -0.4 is 15.0 Å². The minimum absolute atomic E-state index is 0.0540. The van der Waals surface area contributed by atoms with Crippen molar-refractivity contribution in [1.29, 1.82) is 0 Å². The number of benzene rings is 2. The number of ether oxygens (including phenoxy) is 1. The van der Waals surface area contributed by atoms with Gasteiger partial charge in [0.25, 0.3) is 0 Å². The summed E-state index contributed by atoms with van der Waals surface area (Å²) in [6.07, 6.45) is 1.18. The smallest absolute Gasteiger partial charge is 0.220 e. The Morgan fingerprint density at radius 1 is 1.04 bits per heavy atom. The fourth-order valence-corrected chi connectivity index (χ4v) is 2.14. The predicted molar refractivity (Wildman–Crippen MR) is 93.8 cm³/mol. The summed E-state index contributed by atoms with van der Waals surface area (Å²) in [6, 6.07) is 17.8. The van der Waals surface area contributed by atoms with Gasteiger partial charge in [-0.2, -0.15) is 0 Å². The lowest BCUT2D eigenvalue weighted by Gasteiger charge is -2.13. The lowest BCUT2D eigenvalue weighted by atomic mass is 10.2. The van der Waals surface area contributed by atoms with Gasteiger partial charge < -0.3 is 15.0 Å². The van der Waals surface area contributed by atoms with Gasteiger partial charge in [-0.3, -0.25) is 4.79 Å². The Balaban J connectivity index is 1.63. The second-order valence-corrected chi connectivity index (χ2v) is 5.60. The maximum absolute atomic E-state index is 11.8. The molecule has 2 aromatic carbocycles. The minimum atomic E-state index is 0.0540. The van der Waals surface area contributed by atoms with E-state index in [-0.39, 0.29) is 5.91 Å². The molecule has 122 valence electrons. The van der Waals surface area contributed by atoms with Crippen LogP contribution in [0.1, 0.15) is 18.4 Å². The zero-order valence-electron chi connectivity index (χ0n) is 13.8. The molecule has 2 aromatic rings. The Labute approximate surface area is 138 Å². The van der Waals surface area contributed by atoms with Gasteiger partial charge in [0.05, 0.1) is 6.61 Å². The predicted octanol–water partition coefficient (Wildman–Crippen LogP) is 3.23. The zero-order valence-corrected chi connectivity index (χ0v) is 13.8. The summed E-state index contributed by atoms with van der Waals surface area (Å²) in [5.74, 6) is 0.896. The molecule has 0 aromatic heterocycles. The number of rotatable bonds is 8. The Kier molecular flexibility index (Phi) is 6.48. The average molecular weight is 312 g/mol. The number of amides is 1. The van der Waals surface area contributed by atoms with Crippen LogP contribution in [0.25, 0.3) is 0 Å². The van der Waals surface area contributed by atoms with E-state index < -0.39 is 0 Å². The van der Waals surface area contributed by atoms with Crippen LogP contribution >= 0.6 is 0 Å². The van der Waals surface area contributed by atoms with Crippen LogP contribution in [-0.2, 0) is 11.3 Å². The first kappa shape index (κ1) is 16.9. The highest BCUT2D eigenvalue weighted by atomic mass is 16.5. The summed E-state index contributed by atoms with van der Waals surface area (Å²) in [6.45, 7) is 1.11. The van der Waals surface area contributed by atoms with Crippen molar-refractivity contribution in [1.82, 2.24) is 5.32 Å². The molecule has 0 aliphatic rings. The van der Waals surface area contributed by atoms with Gasteiger partial charge in [-0.05, 0) is 36.2 Å². The van der Waals surface area contributed by atoms with Crippen LogP contribution in [0.15, 0.2) is 54.6 Å². The van der Waals surface area contributed by atoms with E-state index >= 15 is 0 Å². The fraction of sp³-hybridized carbons (Fsp3) is 0.316. The SMILES string of the molecule is CN(C)c1ccc(CNC(=O)CCCOc2ccccc2)cc1. The molecular weight excluding hydrogens is 288 g/mol. The molecule has 1 amide bonds. The maximum Gasteiger partial charge on any atom is 0.220 e. The van der Waals surface area contributed by atoms with Gasteiger partial charge in [-0.25, -0.2) is 0 Å². The highest BCUT2D eigenvalue weighted by molar-refractivity contribution is 5.75. The molecule has 0 fully saturated rings. The summed E-state index contributed by atoms with van der Waals surface area (Å²) < 4.78 is 5.57. The number of carbonyl (C=O) groups excluding carboxylic acids is 1. The normalized spacial score (nSPS) is 10.2. The summed E-state index contributed by atoms with van der Waals surface area (Å²) in [5, 5.41) is 2.94. The number of hydrogen-bond donors (Lipinski definition) is 1. The van der Waals surface area contributed by atoms with Crippen LogP contribution in [0.2, 0.25) is 0 Å². The van der Waals surface area contributed by atoms with Gasteiger partial charge >= 0.3 is 0 Å². The Bertz CT molecular complexity index is 595. The number of carbonyl (C=O) groups is 1. The minimum Gasteiger partial charge on any atom is -0.494 e. The van der Waals surface area contributed by atoms with Crippen molar-refractivity contribution >= 4 is 11.6 Å². The molecule has 0 aliphatic heterocycles. The number of anilines is 1. The summed E-state index contributed by atoms with van der Waals surface area (Å²) in [4.78, 5) is 13.9. The molecule has 0 atom stereocenters. The van der Waals surface area contributed by atoms with Crippen molar-refractivity contribution in [2.75, 3.05) is 25.6 Å². The monoisotopic (exact) mass is 312 g/mol. The fourth-order valence-electron chi connectivity index (χ4n) is 2.14. The van der Waals surface area contributed by atoms with Gasteiger partial charge in [-0.15, -0.1) is 0 Å². The topological polar surface area (TPSA) is 41.6 Å². The van der Waals surface area contributed by atoms with Gasteiger partial charge in [-0.1, -0.05) is 30.3 Å².